The Morgan fingerprint density at radius 3 is 2.14 bits per heavy atom. The van der Waals surface area contributed by atoms with E-state index in [9.17, 15) is 13.0 Å². The van der Waals surface area contributed by atoms with E-state index in [1.165, 1.54) is 24.8 Å². The Morgan fingerprint density at radius 1 is 0.964 bits per heavy atom. The van der Waals surface area contributed by atoms with E-state index in [0.717, 1.165) is 11.3 Å². The van der Waals surface area contributed by atoms with E-state index in [2.05, 4.69) is 36.4 Å². The van der Waals surface area contributed by atoms with Crippen LogP contribution in [0.4, 0.5) is 0 Å². The maximum absolute atomic E-state index is 10.4. The van der Waals surface area contributed by atoms with Crippen LogP contribution in [0.2, 0.25) is 0 Å². The highest BCUT2D eigenvalue weighted by molar-refractivity contribution is 7.85. The van der Waals surface area contributed by atoms with Crippen LogP contribution in [0.1, 0.15) is 11.1 Å². The third-order valence-corrected chi connectivity index (χ3v) is 7.41. The van der Waals surface area contributed by atoms with Gasteiger partial charge in [0, 0.05) is 5.88 Å². The molecule has 4 nitrogen and oxygen atoms in total. The number of halogens is 2. The normalized spacial score (nSPS) is 10.7. The van der Waals surface area contributed by atoms with E-state index in [0.29, 0.717) is 5.88 Å². The third-order valence-electron chi connectivity index (χ3n) is 3.62. The molecule has 0 aromatic heterocycles. The Kier molecular flexibility index (Phi) is 8.75. The van der Waals surface area contributed by atoms with Gasteiger partial charge in [0.05, 0.1) is 12.0 Å². The van der Waals surface area contributed by atoms with E-state index in [1.807, 2.05) is 19.1 Å². The number of hydrogen-bond donors (Lipinski definition) is 0. The number of hydrogen-bond acceptors (Lipinski definition) is 4. The molecule has 3 aromatic carbocycles. The van der Waals surface area contributed by atoms with Crippen molar-refractivity contribution >= 4 is 21.7 Å². The highest BCUT2D eigenvalue weighted by Crippen LogP contribution is 2.08. The lowest BCUT2D eigenvalue weighted by Gasteiger charge is -2.05. The zero-order valence-electron chi connectivity index (χ0n) is 15.4. The van der Waals surface area contributed by atoms with E-state index in [1.54, 1.807) is 19.2 Å². The highest BCUT2D eigenvalue weighted by atomic mass is 127. The second kappa shape index (κ2) is 10.8. The molecule has 0 unspecified atom stereocenters. The van der Waals surface area contributed by atoms with Gasteiger partial charge in [0.15, 0.2) is 7.14 Å². The molecule has 0 saturated carbocycles. The predicted molar refractivity (Wildman–Crippen MR) is 106 cm³/mol. The Hall–Kier alpha value is -1.61. The van der Waals surface area contributed by atoms with Gasteiger partial charge >= 0.3 is 21.2 Å². The highest BCUT2D eigenvalue weighted by Gasteiger charge is 2.15. The summed E-state index contributed by atoms with van der Waals surface area (Å²) in [6.45, 7) is 1.82. The zero-order chi connectivity index (χ0) is 20.6. The van der Waals surface area contributed by atoms with Crippen molar-refractivity contribution in [2.45, 2.75) is 17.7 Å². The number of alkyl halides is 1. The minimum Gasteiger partial charge on any atom is -0.744 e. The molecule has 28 heavy (non-hydrogen) atoms. The van der Waals surface area contributed by atoms with Crippen LogP contribution in [0.3, 0.4) is 0 Å². The average molecular weight is 531 g/mol. The van der Waals surface area contributed by atoms with E-state index in [4.69, 9.17) is 16.3 Å². The molecule has 7 heteroatoms. The van der Waals surface area contributed by atoms with Crippen molar-refractivity contribution in [2.75, 3.05) is 7.11 Å². The van der Waals surface area contributed by atoms with Gasteiger partial charge in [-0.15, -0.1) is 11.6 Å². The quantitative estimate of drug-likeness (QED) is 0.285. The number of rotatable bonds is 5. The standard InChI is InChI=1S/C14H13ClIO.C7H8O3S/c1-17-14-7-5-12(6-8-14)16-13-4-2-3-11(9-13)10-15;1-6-2-4-7(5-3-6)11(8,9)10/h2-9H,10H2,1H3;2-5H,1H3,(H,8,9,10)/q+1;/p-1. The number of aryl methyl sites for hydroxylation is 1. The third kappa shape index (κ3) is 7.43. The average Bonchev–Trinajstić information content (AvgIpc) is 2.69. The van der Waals surface area contributed by atoms with Crippen molar-refractivity contribution in [1.29, 1.82) is 0 Å². The van der Waals surface area contributed by atoms with Crippen LogP contribution in [0.15, 0.2) is 77.7 Å². The maximum Gasteiger partial charge on any atom is 0.357 e. The molecule has 0 fully saturated rings. The van der Waals surface area contributed by atoms with Gasteiger partial charge in [-0.05, 0) is 61.0 Å². The lowest BCUT2D eigenvalue weighted by Crippen LogP contribution is -3.61. The lowest BCUT2D eigenvalue weighted by atomic mass is 10.2. The Labute approximate surface area is 181 Å². The molecule has 0 amide bonds. The molecule has 3 aromatic rings. The summed E-state index contributed by atoms with van der Waals surface area (Å²) in [5.74, 6) is 1.49. The van der Waals surface area contributed by atoms with Crippen LogP contribution in [-0.4, -0.2) is 20.1 Å². The monoisotopic (exact) mass is 530 g/mol. The smallest absolute Gasteiger partial charge is 0.357 e. The molecule has 0 spiro atoms. The first-order chi connectivity index (χ1) is 13.3. The summed E-state index contributed by atoms with van der Waals surface area (Å²) >= 11 is 5.71. The lowest BCUT2D eigenvalue weighted by molar-refractivity contribution is -0.597. The van der Waals surface area contributed by atoms with Crippen LogP contribution in [0.5, 0.6) is 5.75 Å². The van der Waals surface area contributed by atoms with Gasteiger partial charge in [-0.25, -0.2) is 8.42 Å². The first-order valence-electron chi connectivity index (χ1n) is 8.28. The summed E-state index contributed by atoms with van der Waals surface area (Å²) in [5, 5.41) is 0. The summed E-state index contributed by atoms with van der Waals surface area (Å²) in [6.07, 6.45) is 0. The van der Waals surface area contributed by atoms with Crippen molar-refractivity contribution in [3.8, 4) is 5.75 Å². The van der Waals surface area contributed by atoms with Crippen molar-refractivity contribution in [3.63, 3.8) is 0 Å². The summed E-state index contributed by atoms with van der Waals surface area (Å²) in [4.78, 5) is -0.178. The largest absolute Gasteiger partial charge is 0.744 e. The van der Waals surface area contributed by atoms with Gasteiger partial charge in [0.2, 0.25) is 0 Å². The van der Waals surface area contributed by atoms with Gasteiger partial charge < -0.3 is 9.29 Å². The molecule has 0 heterocycles. The summed E-state index contributed by atoms with van der Waals surface area (Å²) in [5.41, 5.74) is 2.12. The SMILES string of the molecule is COc1ccc([I+]c2cccc(CCl)c2)cc1.Cc1ccc(S(=O)(=O)[O-])cc1. The Morgan fingerprint density at radius 2 is 1.61 bits per heavy atom. The van der Waals surface area contributed by atoms with Crippen molar-refractivity contribution in [1.82, 2.24) is 0 Å². The van der Waals surface area contributed by atoms with E-state index >= 15 is 0 Å². The van der Waals surface area contributed by atoms with Gasteiger partial charge in [-0.3, -0.25) is 0 Å². The van der Waals surface area contributed by atoms with Gasteiger partial charge in [0.1, 0.15) is 15.9 Å². The van der Waals surface area contributed by atoms with Gasteiger partial charge in [-0.1, -0.05) is 29.8 Å². The molecule has 0 atom stereocenters. The molecule has 0 aliphatic heterocycles. The summed E-state index contributed by atoms with van der Waals surface area (Å²) in [6, 6.07) is 22.6. The molecular weight excluding hydrogens is 511 g/mol. The minimum atomic E-state index is -4.27. The summed E-state index contributed by atoms with van der Waals surface area (Å²) in [7, 11) is -2.58. The van der Waals surface area contributed by atoms with Crippen LogP contribution >= 0.6 is 11.6 Å². The zero-order valence-corrected chi connectivity index (χ0v) is 19.2. The molecule has 0 N–H and O–H groups in total. The van der Waals surface area contributed by atoms with Crippen LogP contribution in [0, 0.1) is 14.1 Å². The summed E-state index contributed by atoms with van der Waals surface area (Å²) < 4.78 is 39.1. The topological polar surface area (TPSA) is 66.4 Å². The molecule has 148 valence electrons. The molecule has 3 rings (SSSR count). The fraction of sp³-hybridized carbons (Fsp3) is 0.143. The van der Waals surface area contributed by atoms with E-state index in [-0.39, 0.29) is 26.1 Å². The number of ether oxygens (including phenoxy) is 1. The molecule has 0 aliphatic carbocycles. The van der Waals surface area contributed by atoms with Crippen LogP contribution in [-0.2, 0) is 16.0 Å². The molecular formula is C21H20ClIO4S. The molecule has 0 radical (unpaired) electrons. The van der Waals surface area contributed by atoms with Crippen molar-refractivity contribution in [3.05, 3.63) is 91.1 Å². The molecule has 0 aliphatic rings. The Bertz CT molecular complexity index is 988. The van der Waals surface area contributed by atoms with Gasteiger partial charge in [-0.2, -0.15) is 0 Å². The van der Waals surface area contributed by atoms with Gasteiger partial charge in [0.25, 0.3) is 0 Å². The fourth-order valence-corrected chi connectivity index (χ4v) is 5.16. The minimum absolute atomic E-state index is 0.126. The number of methoxy groups -OCH3 is 1. The number of benzene rings is 3. The van der Waals surface area contributed by atoms with Crippen LogP contribution in [0.25, 0.3) is 0 Å². The van der Waals surface area contributed by atoms with Crippen molar-refractivity contribution < 1.29 is 38.9 Å². The predicted octanol–water partition coefficient (Wildman–Crippen LogP) is 1.46. The second-order valence-corrected chi connectivity index (χ2v) is 10.5. The molecule has 0 bridgehead atoms. The fourth-order valence-electron chi connectivity index (χ4n) is 2.14. The Balaban J connectivity index is 0.000000221. The first kappa shape index (κ1) is 22.7. The first-order valence-corrected chi connectivity index (χ1v) is 12.4. The van der Waals surface area contributed by atoms with Crippen LogP contribution < -0.4 is 25.9 Å². The second-order valence-electron chi connectivity index (χ2n) is 5.78. The van der Waals surface area contributed by atoms with E-state index < -0.39 is 10.1 Å². The molecule has 0 saturated heterocycles. The van der Waals surface area contributed by atoms with Crippen molar-refractivity contribution in [2.24, 2.45) is 0 Å². The maximum atomic E-state index is 10.4.